The lowest BCUT2D eigenvalue weighted by Gasteiger charge is -2.05. The van der Waals surface area contributed by atoms with Crippen LogP contribution < -0.4 is 0 Å². The molecule has 0 saturated heterocycles. The standard InChI is InChI=1S/C30H60.8CH4O/c1-2-4-6-8-10-12-14-16-18-20-22-24-26-28-30-29-27-25-23-21-19-17-15-13-11-9-7-5-3-1;8*1-2/h1-30H2;8*2H,1H3. The van der Waals surface area contributed by atoms with E-state index in [2.05, 4.69) is 0 Å². The smallest absolute Gasteiger partial charge is 0.0319 e. The van der Waals surface area contributed by atoms with Crippen LogP contribution in [0.1, 0.15) is 193 Å². The second-order valence-electron chi connectivity index (χ2n) is 10.6. The second kappa shape index (κ2) is 96.8. The lowest BCUT2D eigenvalue weighted by atomic mass is 10.0. The normalized spacial score (nSPS) is 16.7. The van der Waals surface area contributed by atoms with Crippen LogP contribution >= 0.6 is 0 Å². The van der Waals surface area contributed by atoms with Crippen molar-refractivity contribution in [1.82, 2.24) is 0 Å². The SMILES string of the molecule is C1CCCCCCCCCCCCCCCCCCCCCCCCCCCCC1.CO.CO.CO.CO.CO.CO.CO.CO. The van der Waals surface area contributed by atoms with E-state index in [1.165, 1.54) is 193 Å². The molecular weight excluding hydrogens is 584 g/mol. The maximum atomic E-state index is 7.00. The molecule has 0 aliphatic heterocycles. The predicted molar refractivity (Wildman–Crippen MR) is 204 cm³/mol. The van der Waals surface area contributed by atoms with E-state index in [1.54, 1.807) is 0 Å². The fourth-order valence-electron chi connectivity index (χ4n) is 5.30. The van der Waals surface area contributed by atoms with Gasteiger partial charge in [-0.15, -0.1) is 0 Å². The summed E-state index contributed by atoms with van der Waals surface area (Å²) in [6, 6.07) is 0. The Morgan fingerprint density at radius 2 is 0.130 bits per heavy atom. The summed E-state index contributed by atoms with van der Waals surface area (Å²) in [7, 11) is 8.00. The molecule has 0 aromatic heterocycles. The Kier molecular flexibility index (Phi) is 135. The quantitative estimate of drug-likeness (QED) is 0.127. The molecule has 292 valence electrons. The maximum Gasteiger partial charge on any atom is 0.0319 e. The van der Waals surface area contributed by atoms with Gasteiger partial charge in [-0.05, 0) is 0 Å². The highest BCUT2D eigenvalue weighted by atomic mass is 16.2. The first kappa shape index (κ1) is 64.2. The molecule has 46 heavy (non-hydrogen) atoms. The summed E-state index contributed by atoms with van der Waals surface area (Å²) in [6.45, 7) is 0. The minimum Gasteiger partial charge on any atom is -0.400 e. The molecule has 1 aliphatic carbocycles. The summed E-state index contributed by atoms with van der Waals surface area (Å²) in [6.07, 6.45) is 45.0. The van der Waals surface area contributed by atoms with E-state index in [9.17, 15) is 0 Å². The third-order valence-corrected chi connectivity index (χ3v) is 7.50. The minimum absolute atomic E-state index is 1.00. The molecule has 0 heterocycles. The zero-order chi connectivity index (χ0) is 37.2. The Balaban J connectivity index is -0.000000130. The van der Waals surface area contributed by atoms with Crippen LogP contribution in [0.4, 0.5) is 0 Å². The van der Waals surface area contributed by atoms with Gasteiger partial charge in [0.2, 0.25) is 0 Å². The molecule has 1 rings (SSSR count). The van der Waals surface area contributed by atoms with E-state index in [4.69, 9.17) is 40.9 Å². The van der Waals surface area contributed by atoms with Gasteiger partial charge in [0.05, 0.1) is 0 Å². The van der Waals surface area contributed by atoms with Crippen LogP contribution in [0.5, 0.6) is 0 Å². The van der Waals surface area contributed by atoms with E-state index >= 15 is 0 Å². The highest BCUT2D eigenvalue weighted by Crippen LogP contribution is 2.17. The first-order valence-electron chi connectivity index (χ1n) is 18.6. The van der Waals surface area contributed by atoms with Crippen molar-refractivity contribution in [2.24, 2.45) is 0 Å². The van der Waals surface area contributed by atoms with Crippen molar-refractivity contribution in [3.63, 3.8) is 0 Å². The van der Waals surface area contributed by atoms with Gasteiger partial charge >= 0.3 is 0 Å². The van der Waals surface area contributed by atoms with Gasteiger partial charge in [0.1, 0.15) is 0 Å². The number of hydrogen-bond acceptors (Lipinski definition) is 8. The number of aliphatic hydroxyl groups is 8. The van der Waals surface area contributed by atoms with Crippen molar-refractivity contribution in [1.29, 1.82) is 0 Å². The van der Waals surface area contributed by atoms with Crippen molar-refractivity contribution in [3.05, 3.63) is 0 Å². The molecule has 0 spiro atoms. The molecule has 0 bridgehead atoms. The first-order valence-corrected chi connectivity index (χ1v) is 18.6. The summed E-state index contributed by atoms with van der Waals surface area (Å²) in [5.74, 6) is 0. The molecule has 0 amide bonds. The molecule has 1 saturated carbocycles. The number of rotatable bonds is 0. The number of aliphatic hydroxyl groups excluding tert-OH is 8. The Bertz CT molecular complexity index is 178. The van der Waals surface area contributed by atoms with E-state index in [0.717, 1.165) is 56.9 Å². The van der Waals surface area contributed by atoms with Crippen LogP contribution in [0.25, 0.3) is 0 Å². The van der Waals surface area contributed by atoms with E-state index in [0.29, 0.717) is 0 Å². The molecule has 0 radical (unpaired) electrons. The van der Waals surface area contributed by atoms with E-state index in [-0.39, 0.29) is 0 Å². The monoisotopic (exact) mass is 677 g/mol. The molecule has 8 heteroatoms. The van der Waals surface area contributed by atoms with Crippen molar-refractivity contribution >= 4 is 0 Å². The average molecular weight is 677 g/mol. The van der Waals surface area contributed by atoms with Crippen LogP contribution in [0.15, 0.2) is 0 Å². The minimum atomic E-state index is 1.00. The summed E-state index contributed by atoms with van der Waals surface area (Å²) in [5, 5.41) is 56.0. The van der Waals surface area contributed by atoms with Gasteiger partial charge in [-0.1, -0.05) is 193 Å². The van der Waals surface area contributed by atoms with Gasteiger partial charge < -0.3 is 40.9 Å². The molecular formula is C38H92O8. The average Bonchev–Trinajstić information content (AvgIpc) is 3.16. The molecule has 8 nitrogen and oxygen atoms in total. The third-order valence-electron chi connectivity index (χ3n) is 7.50. The van der Waals surface area contributed by atoms with E-state index < -0.39 is 0 Å². The third kappa shape index (κ3) is 90.3. The maximum absolute atomic E-state index is 7.00. The highest BCUT2D eigenvalue weighted by molar-refractivity contribution is 4.53. The molecule has 0 unspecified atom stereocenters. The van der Waals surface area contributed by atoms with Gasteiger partial charge in [0.15, 0.2) is 0 Å². The zero-order valence-corrected chi connectivity index (χ0v) is 32.8. The summed E-state index contributed by atoms with van der Waals surface area (Å²) >= 11 is 0. The molecule has 1 aliphatic rings. The fraction of sp³-hybridized carbons (Fsp3) is 1.00. The van der Waals surface area contributed by atoms with Gasteiger partial charge in [-0.2, -0.15) is 0 Å². The number of hydrogen-bond donors (Lipinski definition) is 8. The lowest BCUT2D eigenvalue weighted by Crippen LogP contribution is -1.85. The van der Waals surface area contributed by atoms with Crippen molar-refractivity contribution in [2.45, 2.75) is 193 Å². The van der Waals surface area contributed by atoms with Gasteiger partial charge in [0.25, 0.3) is 0 Å². The molecule has 0 aromatic rings. The lowest BCUT2D eigenvalue weighted by molar-refractivity contribution is 0.399. The summed E-state index contributed by atoms with van der Waals surface area (Å²) < 4.78 is 0. The molecule has 0 atom stereocenters. The van der Waals surface area contributed by atoms with Crippen LogP contribution in [0.3, 0.4) is 0 Å². The van der Waals surface area contributed by atoms with E-state index in [1.807, 2.05) is 0 Å². The fourth-order valence-corrected chi connectivity index (χ4v) is 5.30. The van der Waals surface area contributed by atoms with Crippen molar-refractivity contribution in [3.8, 4) is 0 Å². The largest absolute Gasteiger partial charge is 0.400 e. The second-order valence-corrected chi connectivity index (χ2v) is 10.6. The zero-order valence-electron chi connectivity index (χ0n) is 32.8. The van der Waals surface area contributed by atoms with Crippen LogP contribution in [0.2, 0.25) is 0 Å². The Morgan fingerprint density at radius 1 is 0.109 bits per heavy atom. The summed E-state index contributed by atoms with van der Waals surface area (Å²) in [5.41, 5.74) is 0. The predicted octanol–water partition coefficient (Wildman–Crippen LogP) is 8.57. The Hall–Kier alpha value is -0.320. The van der Waals surface area contributed by atoms with Crippen molar-refractivity contribution < 1.29 is 40.9 Å². The highest BCUT2D eigenvalue weighted by Gasteiger charge is 1.97. The topological polar surface area (TPSA) is 162 Å². The van der Waals surface area contributed by atoms with Crippen LogP contribution in [-0.2, 0) is 0 Å². The van der Waals surface area contributed by atoms with Gasteiger partial charge in [-0.25, -0.2) is 0 Å². The molecule has 1 fully saturated rings. The first-order chi connectivity index (χ1) is 23.0. The summed E-state index contributed by atoms with van der Waals surface area (Å²) in [4.78, 5) is 0. The van der Waals surface area contributed by atoms with Gasteiger partial charge in [-0.3, -0.25) is 0 Å². The van der Waals surface area contributed by atoms with Crippen molar-refractivity contribution in [2.75, 3.05) is 56.9 Å². The Labute approximate surface area is 290 Å². The Morgan fingerprint density at radius 3 is 0.152 bits per heavy atom. The van der Waals surface area contributed by atoms with Gasteiger partial charge in [0, 0.05) is 56.9 Å². The molecule has 8 N–H and O–H groups in total. The van der Waals surface area contributed by atoms with Crippen LogP contribution in [0, 0.1) is 0 Å². The molecule has 0 aromatic carbocycles. The van der Waals surface area contributed by atoms with Crippen LogP contribution in [-0.4, -0.2) is 97.7 Å².